The van der Waals surface area contributed by atoms with Gasteiger partial charge < -0.3 is 5.32 Å². The largest absolute Gasteiger partial charge is 0.321 e. The lowest BCUT2D eigenvalue weighted by Crippen LogP contribution is -2.11. The molecule has 0 unspecified atom stereocenters. The SMILES string of the molecule is Cc1cc(Br)ccc1NC(=O)c1cc2c(C)nn(C)c2s1. The van der Waals surface area contributed by atoms with E-state index < -0.39 is 0 Å². The second-order valence-corrected chi connectivity index (χ2v) is 6.90. The number of carbonyl (C=O) groups excluding carboxylic acids is 1. The van der Waals surface area contributed by atoms with E-state index in [1.807, 2.05) is 49.8 Å². The molecule has 3 aromatic rings. The van der Waals surface area contributed by atoms with Crippen molar-refractivity contribution in [1.29, 1.82) is 0 Å². The van der Waals surface area contributed by atoms with Gasteiger partial charge in [-0.1, -0.05) is 15.9 Å². The second kappa shape index (κ2) is 5.27. The fraction of sp³-hybridized carbons (Fsp3) is 0.200. The number of nitrogens with zero attached hydrogens (tertiary/aromatic N) is 2. The Kier molecular flexibility index (Phi) is 3.59. The monoisotopic (exact) mass is 363 g/mol. The van der Waals surface area contributed by atoms with E-state index in [-0.39, 0.29) is 5.91 Å². The van der Waals surface area contributed by atoms with Gasteiger partial charge in [-0.05, 0) is 43.7 Å². The van der Waals surface area contributed by atoms with Crippen LogP contribution < -0.4 is 5.32 Å². The fourth-order valence-corrected chi connectivity index (χ4v) is 3.76. The lowest BCUT2D eigenvalue weighted by molar-refractivity contribution is 0.103. The predicted octanol–water partition coefficient (Wildman–Crippen LogP) is 4.27. The highest BCUT2D eigenvalue weighted by Gasteiger charge is 2.15. The topological polar surface area (TPSA) is 46.9 Å². The third-order valence-corrected chi connectivity index (χ3v) is 5.05. The summed E-state index contributed by atoms with van der Waals surface area (Å²) in [7, 11) is 1.90. The Morgan fingerprint density at radius 2 is 2.10 bits per heavy atom. The molecule has 0 fully saturated rings. The Balaban J connectivity index is 1.91. The molecule has 0 aliphatic rings. The van der Waals surface area contributed by atoms with Crippen molar-refractivity contribution in [3.05, 3.63) is 44.9 Å². The summed E-state index contributed by atoms with van der Waals surface area (Å²) in [6, 6.07) is 7.71. The number of nitrogens with one attached hydrogen (secondary N) is 1. The van der Waals surface area contributed by atoms with Crippen molar-refractivity contribution in [2.75, 3.05) is 5.32 Å². The van der Waals surface area contributed by atoms with Gasteiger partial charge >= 0.3 is 0 Å². The Bertz CT molecular complexity index is 816. The molecule has 2 aromatic heterocycles. The van der Waals surface area contributed by atoms with Crippen molar-refractivity contribution < 1.29 is 4.79 Å². The van der Waals surface area contributed by atoms with Crippen LogP contribution in [0, 0.1) is 13.8 Å². The average Bonchev–Trinajstić information content (AvgIpc) is 2.96. The van der Waals surface area contributed by atoms with E-state index in [2.05, 4.69) is 26.3 Å². The molecule has 1 amide bonds. The number of aryl methyl sites for hydroxylation is 3. The van der Waals surface area contributed by atoms with Crippen LogP contribution in [0.4, 0.5) is 5.69 Å². The van der Waals surface area contributed by atoms with E-state index in [1.54, 1.807) is 0 Å². The molecule has 0 bridgehead atoms. The predicted molar refractivity (Wildman–Crippen MR) is 90.2 cm³/mol. The highest BCUT2D eigenvalue weighted by Crippen LogP contribution is 2.28. The van der Waals surface area contributed by atoms with Gasteiger partial charge in [0.05, 0.1) is 10.6 Å². The Hall–Kier alpha value is -1.66. The summed E-state index contributed by atoms with van der Waals surface area (Å²) in [6.45, 7) is 3.93. The van der Waals surface area contributed by atoms with Crippen LogP contribution in [0.2, 0.25) is 0 Å². The van der Waals surface area contributed by atoms with Crippen LogP contribution in [0.3, 0.4) is 0 Å². The number of benzene rings is 1. The van der Waals surface area contributed by atoms with Gasteiger partial charge in [-0.3, -0.25) is 9.48 Å². The third kappa shape index (κ3) is 2.61. The summed E-state index contributed by atoms with van der Waals surface area (Å²) in [4.78, 5) is 14.1. The Morgan fingerprint density at radius 1 is 1.33 bits per heavy atom. The molecule has 0 radical (unpaired) electrons. The molecule has 0 aliphatic carbocycles. The van der Waals surface area contributed by atoms with Gasteiger partial charge in [-0.2, -0.15) is 5.10 Å². The molecule has 21 heavy (non-hydrogen) atoms. The first-order chi connectivity index (χ1) is 9.95. The Labute approximate surface area is 134 Å². The van der Waals surface area contributed by atoms with E-state index in [9.17, 15) is 4.79 Å². The van der Waals surface area contributed by atoms with Crippen LogP contribution in [0.25, 0.3) is 10.2 Å². The molecule has 0 spiro atoms. The van der Waals surface area contributed by atoms with Crippen molar-refractivity contribution >= 4 is 49.1 Å². The molecule has 0 saturated carbocycles. The van der Waals surface area contributed by atoms with E-state index in [0.717, 1.165) is 31.6 Å². The molecule has 0 saturated heterocycles. The minimum Gasteiger partial charge on any atom is -0.321 e. The second-order valence-electron chi connectivity index (χ2n) is 4.95. The molecule has 0 atom stereocenters. The zero-order chi connectivity index (χ0) is 15.1. The highest BCUT2D eigenvalue weighted by molar-refractivity contribution is 9.10. The normalized spacial score (nSPS) is 11.0. The fourth-order valence-electron chi connectivity index (χ4n) is 2.27. The maximum atomic E-state index is 12.4. The first kappa shape index (κ1) is 14.3. The van der Waals surface area contributed by atoms with E-state index in [0.29, 0.717) is 4.88 Å². The number of hydrogen-bond acceptors (Lipinski definition) is 3. The first-order valence-corrected chi connectivity index (χ1v) is 8.07. The molecule has 2 heterocycles. The molecule has 4 nitrogen and oxygen atoms in total. The number of aromatic nitrogens is 2. The third-order valence-electron chi connectivity index (χ3n) is 3.36. The average molecular weight is 364 g/mol. The molecular weight excluding hydrogens is 350 g/mol. The number of carbonyl (C=O) groups is 1. The number of anilines is 1. The van der Waals surface area contributed by atoms with Crippen LogP contribution in [-0.4, -0.2) is 15.7 Å². The van der Waals surface area contributed by atoms with Crippen LogP contribution in [0.1, 0.15) is 20.9 Å². The van der Waals surface area contributed by atoms with Gasteiger partial charge in [0.15, 0.2) is 0 Å². The zero-order valence-corrected chi connectivity index (χ0v) is 14.3. The minimum atomic E-state index is -0.0824. The summed E-state index contributed by atoms with van der Waals surface area (Å²) in [6.07, 6.45) is 0. The molecule has 1 N–H and O–H groups in total. The van der Waals surface area contributed by atoms with Crippen LogP contribution in [0.15, 0.2) is 28.7 Å². The molecule has 1 aromatic carbocycles. The molecule has 0 aliphatic heterocycles. The van der Waals surface area contributed by atoms with Crippen molar-refractivity contribution in [2.45, 2.75) is 13.8 Å². The molecular formula is C15H14BrN3OS. The lowest BCUT2D eigenvalue weighted by Gasteiger charge is -2.07. The highest BCUT2D eigenvalue weighted by atomic mass is 79.9. The number of halogens is 1. The number of rotatable bonds is 2. The smallest absolute Gasteiger partial charge is 0.265 e. The molecule has 6 heteroatoms. The summed E-state index contributed by atoms with van der Waals surface area (Å²) in [5.41, 5.74) is 2.80. The van der Waals surface area contributed by atoms with Gasteiger partial charge in [0.1, 0.15) is 4.83 Å². The summed E-state index contributed by atoms with van der Waals surface area (Å²) in [5, 5.41) is 8.35. The Morgan fingerprint density at radius 3 is 2.76 bits per heavy atom. The molecule has 3 rings (SSSR count). The summed E-state index contributed by atoms with van der Waals surface area (Å²) in [5.74, 6) is -0.0824. The quantitative estimate of drug-likeness (QED) is 0.738. The van der Waals surface area contributed by atoms with Gasteiger partial charge in [0.2, 0.25) is 0 Å². The van der Waals surface area contributed by atoms with Crippen LogP contribution >= 0.6 is 27.3 Å². The standard InChI is InChI=1S/C15H14BrN3OS/c1-8-6-10(16)4-5-12(8)17-14(20)13-7-11-9(2)18-19(3)15(11)21-13/h4-7H,1-3H3,(H,17,20). The zero-order valence-electron chi connectivity index (χ0n) is 11.9. The van der Waals surface area contributed by atoms with Crippen LogP contribution in [-0.2, 0) is 7.05 Å². The van der Waals surface area contributed by atoms with E-state index in [1.165, 1.54) is 11.3 Å². The number of hydrogen-bond donors (Lipinski definition) is 1. The lowest BCUT2D eigenvalue weighted by atomic mass is 10.2. The maximum Gasteiger partial charge on any atom is 0.265 e. The summed E-state index contributed by atoms with van der Waals surface area (Å²) >= 11 is 4.88. The summed E-state index contributed by atoms with van der Waals surface area (Å²) < 4.78 is 2.82. The van der Waals surface area contributed by atoms with Crippen LogP contribution in [0.5, 0.6) is 0 Å². The number of fused-ring (bicyclic) bond motifs is 1. The minimum absolute atomic E-state index is 0.0824. The first-order valence-electron chi connectivity index (χ1n) is 6.46. The maximum absolute atomic E-state index is 12.4. The van der Waals surface area contributed by atoms with E-state index >= 15 is 0 Å². The van der Waals surface area contributed by atoms with Gasteiger partial charge in [-0.25, -0.2) is 0 Å². The van der Waals surface area contributed by atoms with Crippen molar-refractivity contribution in [2.24, 2.45) is 7.05 Å². The van der Waals surface area contributed by atoms with Gasteiger partial charge in [0, 0.05) is 22.6 Å². The number of amides is 1. The molecule has 108 valence electrons. The van der Waals surface area contributed by atoms with Gasteiger partial charge in [-0.15, -0.1) is 11.3 Å². The number of thiophene rings is 1. The van der Waals surface area contributed by atoms with Gasteiger partial charge in [0.25, 0.3) is 5.91 Å². The van der Waals surface area contributed by atoms with E-state index in [4.69, 9.17) is 0 Å². The van der Waals surface area contributed by atoms with Crippen molar-refractivity contribution in [3.63, 3.8) is 0 Å². The van der Waals surface area contributed by atoms with Crippen molar-refractivity contribution in [3.8, 4) is 0 Å². The van der Waals surface area contributed by atoms with Crippen molar-refractivity contribution in [1.82, 2.24) is 9.78 Å².